The summed E-state index contributed by atoms with van der Waals surface area (Å²) in [6.07, 6.45) is 0.922. The Hall–Kier alpha value is -1.22. The van der Waals surface area contributed by atoms with E-state index in [0.717, 1.165) is 17.9 Å². The largest absolute Gasteiger partial charge is 0.494 e. The van der Waals surface area contributed by atoms with Gasteiger partial charge in [-0.05, 0) is 25.5 Å². The molecule has 0 saturated carbocycles. The number of nitrogens with two attached hydrogens (primary N) is 1. The molecule has 3 heteroatoms. The van der Waals surface area contributed by atoms with Gasteiger partial charge in [-0.2, -0.15) is 0 Å². The molecule has 0 aliphatic carbocycles. The molecule has 0 aliphatic heterocycles. The van der Waals surface area contributed by atoms with E-state index < -0.39 is 0 Å². The zero-order valence-corrected chi connectivity index (χ0v) is 9.40. The van der Waals surface area contributed by atoms with E-state index in [4.69, 9.17) is 15.2 Å². The lowest BCUT2D eigenvalue weighted by atomic mass is 10.2. The zero-order valence-electron chi connectivity index (χ0n) is 9.40. The quantitative estimate of drug-likeness (QED) is 0.781. The van der Waals surface area contributed by atoms with Crippen LogP contribution < -0.4 is 15.2 Å². The standard InChI is InChI=1S/C12H19NO2/c1-3-10(13)9-15-12-7-5-6-11(8-12)14-4-2/h5-8,10H,3-4,9,13H2,1-2H3. The molecule has 2 N–H and O–H groups in total. The minimum absolute atomic E-state index is 0.0979. The van der Waals surface area contributed by atoms with Gasteiger partial charge in [0.25, 0.3) is 0 Å². The van der Waals surface area contributed by atoms with Gasteiger partial charge in [0.2, 0.25) is 0 Å². The summed E-state index contributed by atoms with van der Waals surface area (Å²) in [5.41, 5.74) is 5.76. The lowest BCUT2D eigenvalue weighted by Crippen LogP contribution is -2.26. The SMILES string of the molecule is CCOc1cccc(OCC(N)CC)c1. The predicted molar refractivity (Wildman–Crippen MR) is 61.4 cm³/mol. The lowest BCUT2D eigenvalue weighted by molar-refractivity contribution is 0.281. The Kier molecular flexibility index (Phi) is 4.98. The van der Waals surface area contributed by atoms with Gasteiger partial charge in [0.1, 0.15) is 18.1 Å². The summed E-state index contributed by atoms with van der Waals surface area (Å²) in [5, 5.41) is 0. The van der Waals surface area contributed by atoms with E-state index in [1.54, 1.807) is 0 Å². The fraction of sp³-hybridized carbons (Fsp3) is 0.500. The van der Waals surface area contributed by atoms with E-state index in [-0.39, 0.29) is 6.04 Å². The Morgan fingerprint density at radius 2 is 1.87 bits per heavy atom. The van der Waals surface area contributed by atoms with Gasteiger partial charge >= 0.3 is 0 Å². The molecule has 0 saturated heterocycles. The smallest absolute Gasteiger partial charge is 0.123 e. The van der Waals surface area contributed by atoms with Gasteiger partial charge in [0, 0.05) is 12.1 Å². The Balaban J connectivity index is 2.50. The molecule has 15 heavy (non-hydrogen) atoms. The maximum atomic E-state index is 5.76. The summed E-state index contributed by atoms with van der Waals surface area (Å²) in [7, 11) is 0. The summed E-state index contributed by atoms with van der Waals surface area (Å²) in [5.74, 6) is 1.64. The maximum Gasteiger partial charge on any atom is 0.123 e. The third-order valence-corrected chi connectivity index (χ3v) is 2.10. The second kappa shape index (κ2) is 6.30. The second-order valence-electron chi connectivity index (χ2n) is 3.39. The summed E-state index contributed by atoms with van der Waals surface area (Å²) in [4.78, 5) is 0. The van der Waals surface area contributed by atoms with Gasteiger partial charge in [0.05, 0.1) is 6.61 Å². The van der Waals surface area contributed by atoms with Gasteiger partial charge in [-0.1, -0.05) is 13.0 Å². The highest BCUT2D eigenvalue weighted by Crippen LogP contribution is 2.19. The van der Waals surface area contributed by atoms with Crippen molar-refractivity contribution in [2.24, 2.45) is 5.73 Å². The highest BCUT2D eigenvalue weighted by Gasteiger charge is 2.01. The molecule has 0 amide bonds. The molecule has 1 rings (SSSR count). The van der Waals surface area contributed by atoms with E-state index in [9.17, 15) is 0 Å². The molecule has 1 unspecified atom stereocenters. The van der Waals surface area contributed by atoms with Crippen molar-refractivity contribution in [3.8, 4) is 11.5 Å². The molecule has 3 nitrogen and oxygen atoms in total. The fourth-order valence-corrected chi connectivity index (χ4v) is 1.14. The molecule has 84 valence electrons. The maximum absolute atomic E-state index is 5.76. The first-order valence-corrected chi connectivity index (χ1v) is 5.37. The Bertz CT molecular complexity index is 289. The van der Waals surface area contributed by atoms with Crippen LogP contribution >= 0.6 is 0 Å². The van der Waals surface area contributed by atoms with E-state index in [1.807, 2.05) is 38.1 Å². The summed E-state index contributed by atoms with van der Waals surface area (Å²) in [6, 6.07) is 7.71. The highest BCUT2D eigenvalue weighted by molar-refractivity contribution is 5.32. The fourth-order valence-electron chi connectivity index (χ4n) is 1.14. The number of ether oxygens (including phenoxy) is 2. The first-order chi connectivity index (χ1) is 7.26. The van der Waals surface area contributed by atoms with Crippen LogP contribution in [0.15, 0.2) is 24.3 Å². The molecule has 1 atom stereocenters. The summed E-state index contributed by atoms with van der Waals surface area (Å²) < 4.78 is 10.9. The van der Waals surface area contributed by atoms with Crippen LogP contribution in [0.4, 0.5) is 0 Å². The second-order valence-corrected chi connectivity index (χ2v) is 3.39. The van der Waals surface area contributed by atoms with E-state index in [2.05, 4.69) is 0 Å². The van der Waals surface area contributed by atoms with Crippen molar-refractivity contribution in [3.63, 3.8) is 0 Å². The minimum Gasteiger partial charge on any atom is -0.494 e. The first-order valence-electron chi connectivity index (χ1n) is 5.37. The van der Waals surface area contributed by atoms with Crippen LogP contribution in [0.3, 0.4) is 0 Å². The average Bonchev–Trinajstić information content (AvgIpc) is 2.27. The average molecular weight is 209 g/mol. The molecule has 0 bridgehead atoms. The van der Waals surface area contributed by atoms with E-state index >= 15 is 0 Å². The van der Waals surface area contributed by atoms with E-state index in [0.29, 0.717) is 13.2 Å². The monoisotopic (exact) mass is 209 g/mol. The molecule has 0 fully saturated rings. The van der Waals surface area contributed by atoms with Crippen LogP contribution in [0, 0.1) is 0 Å². The van der Waals surface area contributed by atoms with Crippen LogP contribution in [0.25, 0.3) is 0 Å². The van der Waals surface area contributed by atoms with Crippen LogP contribution in [-0.2, 0) is 0 Å². The van der Waals surface area contributed by atoms with E-state index in [1.165, 1.54) is 0 Å². The molecule has 0 aliphatic rings. The first kappa shape index (κ1) is 11.9. The van der Waals surface area contributed by atoms with Crippen molar-refractivity contribution in [1.29, 1.82) is 0 Å². The van der Waals surface area contributed by atoms with Gasteiger partial charge in [-0.15, -0.1) is 0 Å². The topological polar surface area (TPSA) is 44.5 Å². The molecule has 0 aromatic heterocycles. The Morgan fingerprint density at radius 1 is 1.20 bits per heavy atom. The molecule has 1 aromatic carbocycles. The van der Waals surface area contributed by atoms with Gasteiger partial charge in [-0.3, -0.25) is 0 Å². The number of benzene rings is 1. The van der Waals surface area contributed by atoms with Crippen LogP contribution in [0.2, 0.25) is 0 Å². The van der Waals surface area contributed by atoms with Crippen molar-refractivity contribution >= 4 is 0 Å². The molecule has 0 radical (unpaired) electrons. The molecule has 1 aromatic rings. The van der Waals surface area contributed by atoms with Crippen molar-refractivity contribution in [3.05, 3.63) is 24.3 Å². The summed E-state index contributed by atoms with van der Waals surface area (Å²) in [6.45, 7) is 5.22. The Labute approximate surface area is 91.2 Å². The van der Waals surface area contributed by atoms with Crippen molar-refractivity contribution in [2.75, 3.05) is 13.2 Å². The van der Waals surface area contributed by atoms with Crippen molar-refractivity contribution < 1.29 is 9.47 Å². The van der Waals surface area contributed by atoms with Crippen molar-refractivity contribution in [1.82, 2.24) is 0 Å². The number of rotatable bonds is 6. The third-order valence-electron chi connectivity index (χ3n) is 2.10. The van der Waals surface area contributed by atoms with Crippen LogP contribution in [0.5, 0.6) is 11.5 Å². The van der Waals surface area contributed by atoms with Crippen LogP contribution in [0.1, 0.15) is 20.3 Å². The zero-order chi connectivity index (χ0) is 11.1. The summed E-state index contributed by atoms with van der Waals surface area (Å²) >= 11 is 0. The molecule has 0 spiro atoms. The van der Waals surface area contributed by atoms with Crippen LogP contribution in [-0.4, -0.2) is 19.3 Å². The predicted octanol–water partition coefficient (Wildman–Crippen LogP) is 2.20. The molecular formula is C12H19NO2. The van der Waals surface area contributed by atoms with Gasteiger partial charge in [-0.25, -0.2) is 0 Å². The normalized spacial score (nSPS) is 12.2. The lowest BCUT2D eigenvalue weighted by Gasteiger charge is -2.11. The third kappa shape index (κ3) is 4.21. The number of hydrogen-bond acceptors (Lipinski definition) is 3. The minimum atomic E-state index is 0.0979. The van der Waals surface area contributed by atoms with Gasteiger partial charge < -0.3 is 15.2 Å². The highest BCUT2D eigenvalue weighted by atomic mass is 16.5. The van der Waals surface area contributed by atoms with Gasteiger partial charge in [0.15, 0.2) is 0 Å². The van der Waals surface area contributed by atoms with Crippen molar-refractivity contribution in [2.45, 2.75) is 26.3 Å². The Morgan fingerprint density at radius 3 is 2.47 bits per heavy atom. The number of hydrogen-bond donors (Lipinski definition) is 1. The molecular weight excluding hydrogens is 190 g/mol. The molecule has 0 heterocycles.